The molecule has 0 bridgehead atoms. The Kier molecular flexibility index (Phi) is 7.71. The fourth-order valence-electron chi connectivity index (χ4n) is 1.95. The maximum atomic E-state index is 9.87. The highest BCUT2D eigenvalue weighted by molar-refractivity contribution is 5.84. The number of aliphatic imine (C=N–C) groups is 1. The van der Waals surface area contributed by atoms with Gasteiger partial charge in [-0.15, -0.1) is 0 Å². The number of methoxy groups -OCH3 is 1. The van der Waals surface area contributed by atoms with Crippen LogP contribution in [0.3, 0.4) is 0 Å². The highest BCUT2D eigenvalue weighted by Crippen LogP contribution is 2.27. The van der Waals surface area contributed by atoms with Gasteiger partial charge >= 0.3 is 0 Å². The summed E-state index contributed by atoms with van der Waals surface area (Å²) in [6, 6.07) is 5.42. The van der Waals surface area contributed by atoms with Gasteiger partial charge < -0.3 is 9.84 Å². The Hall–Kier alpha value is -1.51. The van der Waals surface area contributed by atoms with Crippen LogP contribution in [-0.2, 0) is 0 Å². The van der Waals surface area contributed by atoms with Crippen LogP contribution in [0, 0.1) is 0 Å². The Morgan fingerprint density at radius 2 is 1.89 bits per heavy atom. The number of unbranched alkanes of at least 4 members (excludes halogenated alkanes) is 5. The number of hydrogen-bond acceptors (Lipinski definition) is 3. The molecule has 0 unspecified atom stereocenters. The van der Waals surface area contributed by atoms with E-state index < -0.39 is 0 Å². The van der Waals surface area contributed by atoms with Crippen LogP contribution in [0.2, 0.25) is 0 Å². The van der Waals surface area contributed by atoms with Gasteiger partial charge in [0.05, 0.1) is 7.11 Å². The Balaban J connectivity index is 2.29. The molecular formula is C16H25NO2. The molecule has 0 saturated carbocycles. The first-order valence-corrected chi connectivity index (χ1v) is 7.15. The molecule has 106 valence electrons. The first-order valence-electron chi connectivity index (χ1n) is 7.15. The van der Waals surface area contributed by atoms with Crippen molar-refractivity contribution < 1.29 is 9.84 Å². The third kappa shape index (κ3) is 5.77. The molecular weight excluding hydrogens is 238 g/mol. The molecule has 1 rings (SSSR count). The third-order valence-electron chi connectivity index (χ3n) is 3.12. The van der Waals surface area contributed by atoms with E-state index >= 15 is 0 Å². The quantitative estimate of drug-likeness (QED) is 0.536. The molecule has 19 heavy (non-hydrogen) atoms. The smallest absolute Gasteiger partial charge is 0.166 e. The van der Waals surface area contributed by atoms with Crippen LogP contribution in [0.5, 0.6) is 11.5 Å². The van der Waals surface area contributed by atoms with Gasteiger partial charge in [-0.3, -0.25) is 4.99 Å². The van der Waals surface area contributed by atoms with E-state index in [0.29, 0.717) is 11.3 Å². The van der Waals surface area contributed by atoms with Crippen LogP contribution in [0.4, 0.5) is 0 Å². The van der Waals surface area contributed by atoms with Crippen molar-refractivity contribution in [2.45, 2.75) is 45.4 Å². The Morgan fingerprint density at radius 1 is 1.16 bits per heavy atom. The summed E-state index contributed by atoms with van der Waals surface area (Å²) < 4.78 is 5.06. The van der Waals surface area contributed by atoms with E-state index in [9.17, 15) is 5.11 Å². The summed E-state index contributed by atoms with van der Waals surface area (Å²) in [5, 5.41) is 9.87. The number of nitrogens with zero attached hydrogens (tertiary/aromatic N) is 1. The number of phenols is 1. The summed E-state index contributed by atoms with van der Waals surface area (Å²) in [7, 11) is 1.55. The predicted octanol–water partition coefficient (Wildman–Crippen LogP) is 4.18. The van der Waals surface area contributed by atoms with E-state index in [0.717, 1.165) is 13.0 Å². The number of hydrogen-bond donors (Lipinski definition) is 1. The van der Waals surface area contributed by atoms with E-state index in [1.807, 2.05) is 12.1 Å². The summed E-state index contributed by atoms with van der Waals surface area (Å²) in [5.74, 6) is 0.653. The zero-order valence-electron chi connectivity index (χ0n) is 12.1. The second kappa shape index (κ2) is 9.42. The predicted molar refractivity (Wildman–Crippen MR) is 80.5 cm³/mol. The van der Waals surface area contributed by atoms with Crippen LogP contribution < -0.4 is 4.74 Å². The first kappa shape index (κ1) is 15.5. The Bertz CT molecular complexity index is 388. The Morgan fingerprint density at radius 3 is 2.63 bits per heavy atom. The number of ether oxygens (including phenoxy) is 1. The van der Waals surface area contributed by atoms with Crippen LogP contribution >= 0.6 is 0 Å². The highest BCUT2D eigenvalue weighted by atomic mass is 16.5. The third-order valence-corrected chi connectivity index (χ3v) is 3.12. The van der Waals surface area contributed by atoms with Crippen molar-refractivity contribution in [3.8, 4) is 11.5 Å². The van der Waals surface area contributed by atoms with Gasteiger partial charge in [0.1, 0.15) is 0 Å². The number of para-hydroxylation sites is 1. The normalized spacial score (nSPS) is 11.1. The van der Waals surface area contributed by atoms with Crippen molar-refractivity contribution in [3.63, 3.8) is 0 Å². The standard InChI is InChI=1S/C16H25NO2/c1-3-4-5-6-7-8-12-17-13-14-10-9-11-15(19-2)16(14)18/h9-11,13,18H,3-8,12H2,1-2H3. The lowest BCUT2D eigenvalue weighted by Crippen LogP contribution is -1.90. The molecule has 0 amide bonds. The van der Waals surface area contributed by atoms with Gasteiger partial charge in [-0.05, 0) is 18.6 Å². The summed E-state index contributed by atoms with van der Waals surface area (Å²) in [6.07, 6.45) is 9.33. The molecule has 0 atom stereocenters. The second-order valence-electron chi connectivity index (χ2n) is 4.70. The molecule has 0 saturated heterocycles. The number of phenolic OH excluding ortho intramolecular Hbond substituents is 1. The number of benzene rings is 1. The van der Waals surface area contributed by atoms with Crippen LogP contribution in [0.25, 0.3) is 0 Å². The average molecular weight is 263 g/mol. The van der Waals surface area contributed by atoms with Crippen molar-refractivity contribution in [2.75, 3.05) is 13.7 Å². The summed E-state index contributed by atoms with van der Waals surface area (Å²) >= 11 is 0. The van der Waals surface area contributed by atoms with Crippen molar-refractivity contribution in [3.05, 3.63) is 23.8 Å². The average Bonchev–Trinajstić information content (AvgIpc) is 2.43. The highest BCUT2D eigenvalue weighted by Gasteiger charge is 2.04. The molecule has 0 aliphatic heterocycles. The topological polar surface area (TPSA) is 41.8 Å². The molecule has 3 nitrogen and oxygen atoms in total. The minimum Gasteiger partial charge on any atom is -0.504 e. The van der Waals surface area contributed by atoms with Gasteiger partial charge in [-0.1, -0.05) is 45.1 Å². The van der Waals surface area contributed by atoms with Crippen LogP contribution in [0.15, 0.2) is 23.2 Å². The minimum atomic E-state index is 0.164. The molecule has 1 aromatic rings. The van der Waals surface area contributed by atoms with Gasteiger partial charge in [0.15, 0.2) is 11.5 Å². The van der Waals surface area contributed by atoms with Gasteiger partial charge in [0.25, 0.3) is 0 Å². The van der Waals surface area contributed by atoms with Crippen LogP contribution in [-0.4, -0.2) is 25.0 Å². The number of aromatic hydroxyl groups is 1. The van der Waals surface area contributed by atoms with E-state index in [-0.39, 0.29) is 5.75 Å². The maximum absolute atomic E-state index is 9.87. The molecule has 0 aromatic heterocycles. The summed E-state index contributed by atoms with van der Waals surface area (Å²) in [5.41, 5.74) is 0.713. The van der Waals surface area contributed by atoms with Crippen LogP contribution in [0.1, 0.15) is 51.0 Å². The zero-order valence-corrected chi connectivity index (χ0v) is 12.1. The van der Waals surface area contributed by atoms with E-state index in [4.69, 9.17) is 4.74 Å². The molecule has 1 N–H and O–H groups in total. The first-order chi connectivity index (χ1) is 9.29. The molecule has 0 heterocycles. The Labute approximate surface area is 116 Å². The van der Waals surface area contributed by atoms with Crippen molar-refractivity contribution >= 4 is 6.21 Å². The van der Waals surface area contributed by atoms with Crippen molar-refractivity contribution in [1.29, 1.82) is 0 Å². The fourth-order valence-corrected chi connectivity index (χ4v) is 1.95. The fraction of sp³-hybridized carbons (Fsp3) is 0.562. The van der Waals surface area contributed by atoms with E-state index in [1.54, 1.807) is 19.4 Å². The van der Waals surface area contributed by atoms with Gasteiger partial charge in [-0.2, -0.15) is 0 Å². The summed E-state index contributed by atoms with van der Waals surface area (Å²) in [4.78, 5) is 4.36. The molecule has 0 fully saturated rings. The van der Waals surface area contributed by atoms with Crippen molar-refractivity contribution in [1.82, 2.24) is 0 Å². The van der Waals surface area contributed by atoms with E-state index in [2.05, 4.69) is 11.9 Å². The molecule has 1 aromatic carbocycles. The lowest BCUT2D eigenvalue weighted by atomic mass is 10.1. The van der Waals surface area contributed by atoms with Gasteiger partial charge in [0.2, 0.25) is 0 Å². The lowest BCUT2D eigenvalue weighted by molar-refractivity contribution is 0.373. The molecule has 0 aliphatic carbocycles. The number of rotatable bonds is 9. The second-order valence-corrected chi connectivity index (χ2v) is 4.70. The largest absolute Gasteiger partial charge is 0.504 e. The minimum absolute atomic E-state index is 0.164. The summed E-state index contributed by atoms with van der Waals surface area (Å²) in [6.45, 7) is 3.05. The lowest BCUT2D eigenvalue weighted by Gasteiger charge is -2.04. The SMILES string of the molecule is CCCCCCCCN=Cc1cccc(OC)c1O. The van der Waals surface area contributed by atoms with Gasteiger partial charge in [-0.25, -0.2) is 0 Å². The monoisotopic (exact) mass is 263 g/mol. The van der Waals surface area contributed by atoms with Gasteiger partial charge in [0, 0.05) is 18.3 Å². The van der Waals surface area contributed by atoms with E-state index in [1.165, 1.54) is 32.1 Å². The molecule has 3 heteroatoms. The molecule has 0 spiro atoms. The van der Waals surface area contributed by atoms with Crippen molar-refractivity contribution in [2.24, 2.45) is 4.99 Å². The maximum Gasteiger partial charge on any atom is 0.166 e. The molecule has 0 aliphatic rings. The zero-order chi connectivity index (χ0) is 13.9. The molecule has 0 radical (unpaired) electrons.